The van der Waals surface area contributed by atoms with E-state index < -0.39 is 14.9 Å². The Morgan fingerprint density at radius 1 is 1.33 bits per heavy atom. The average Bonchev–Trinajstić information content (AvgIpc) is 2.59. The smallest absolute Gasteiger partial charge is 0.270 e. The van der Waals surface area contributed by atoms with Crippen molar-refractivity contribution in [2.24, 2.45) is 0 Å². The van der Waals surface area contributed by atoms with Gasteiger partial charge in [-0.25, -0.2) is 13.1 Å². The molecular weight excluding hydrogens is 332 g/mol. The molecule has 1 fully saturated rings. The minimum atomic E-state index is -3.75. The van der Waals surface area contributed by atoms with Crippen molar-refractivity contribution in [3.8, 4) is 0 Å². The van der Waals surface area contributed by atoms with Crippen molar-refractivity contribution < 1.29 is 13.3 Å². The van der Waals surface area contributed by atoms with E-state index in [-0.39, 0.29) is 10.6 Å². The molecule has 1 aliphatic rings. The van der Waals surface area contributed by atoms with Crippen LogP contribution >= 0.6 is 0 Å². The van der Waals surface area contributed by atoms with Gasteiger partial charge >= 0.3 is 0 Å². The molecule has 8 nitrogen and oxygen atoms in total. The van der Waals surface area contributed by atoms with E-state index in [9.17, 15) is 18.5 Å². The summed E-state index contributed by atoms with van der Waals surface area (Å²) in [6.07, 6.45) is 1.20. The second-order valence-electron chi connectivity index (χ2n) is 5.75. The van der Waals surface area contributed by atoms with Gasteiger partial charge in [0.05, 0.1) is 9.82 Å². The van der Waals surface area contributed by atoms with Crippen LogP contribution in [0.15, 0.2) is 23.1 Å². The highest BCUT2D eigenvalue weighted by atomic mass is 32.2. The number of sulfonamides is 1. The lowest BCUT2D eigenvalue weighted by Crippen LogP contribution is -2.44. The first kappa shape index (κ1) is 18.8. The fraction of sp³-hybridized carbons (Fsp3) is 0.600. The molecule has 2 N–H and O–H groups in total. The number of nitrogens with one attached hydrogen (secondary N) is 2. The predicted octanol–water partition coefficient (Wildman–Crippen LogP) is 0.731. The average molecular weight is 356 g/mol. The molecule has 0 radical (unpaired) electrons. The molecule has 24 heavy (non-hydrogen) atoms. The highest BCUT2D eigenvalue weighted by Gasteiger charge is 2.21. The van der Waals surface area contributed by atoms with Gasteiger partial charge in [-0.3, -0.25) is 10.1 Å². The molecule has 0 spiro atoms. The fourth-order valence-electron chi connectivity index (χ4n) is 2.72. The topological polar surface area (TPSA) is 105 Å². The van der Waals surface area contributed by atoms with Gasteiger partial charge in [-0.2, -0.15) is 0 Å². The monoisotopic (exact) mass is 356 g/mol. The van der Waals surface area contributed by atoms with Gasteiger partial charge in [-0.1, -0.05) is 13.0 Å². The lowest BCUT2D eigenvalue weighted by Gasteiger charge is -2.27. The van der Waals surface area contributed by atoms with Crippen LogP contribution in [-0.2, 0) is 16.4 Å². The van der Waals surface area contributed by atoms with Crippen LogP contribution in [0.3, 0.4) is 0 Å². The van der Waals surface area contributed by atoms with Crippen molar-refractivity contribution in [2.75, 3.05) is 39.3 Å². The summed E-state index contributed by atoms with van der Waals surface area (Å²) in [5.41, 5.74) is 0.364. The number of nitro benzene ring substituents is 1. The van der Waals surface area contributed by atoms with E-state index >= 15 is 0 Å². The van der Waals surface area contributed by atoms with Crippen molar-refractivity contribution in [2.45, 2.75) is 24.7 Å². The zero-order valence-corrected chi connectivity index (χ0v) is 14.6. The molecule has 9 heteroatoms. The molecule has 0 unspecified atom stereocenters. The molecule has 1 aliphatic heterocycles. The molecule has 0 bridgehead atoms. The Morgan fingerprint density at radius 2 is 2.04 bits per heavy atom. The maximum Gasteiger partial charge on any atom is 0.270 e. The van der Waals surface area contributed by atoms with Gasteiger partial charge in [0.2, 0.25) is 10.0 Å². The van der Waals surface area contributed by atoms with Crippen LogP contribution in [0.1, 0.15) is 18.9 Å². The summed E-state index contributed by atoms with van der Waals surface area (Å²) in [6, 6.07) is 3.98. The molecule has 1 saturated heterocycles. The molecule has 0 amide bonds. The standard InChI is InChI=1S/C15H24N4O4S/c1-2-13-4-5-14(19(20)21)12-15(13)24(22,23)17-6-3-9-18-10-7-16-8-11-18/h4-5,12,16-17H,2-3,6-11H2,1H3. The molecule has 2 rings (SSSR count). The Balaban J connectivity index is 1.98. The normalized spacial score (nSPS) is 16.2. The number of hydrogen-bond acceptors (Lipinski definition) is 6. The van der Waals surface area contributed by atoms with Gasteiger partial charge in [0.25, 0.3) is 5.69 Å². The van der Waals surface area contributed by atoms with E-state index in [2.05, 4.69) is 14.9 Å². The summed E-state index contributed by atoms with van der Waals surface area (Å²) in [4.78, 5) is 12.6. The fourth-order valence-corrected chi connectivity index (χ4v) is 4.12. The molecule has 1 heterocycles. The van der Waals surface area contributed by atoms with E-state index in [0.717, 1.165) is 38.8 Å². The number of piperazine rings is 1. The van der Waals surface area contributed by atoms with Crippen LogP contribution < -0.4 is 10.0 Å². The van der Waals surface area contributed by atoms with Gasteiger partial charge in [-0.05, 0) is 24.9 Å². The van der Waals surface area contributed by atoms with Gasteiger partial charge < -0.3 is 10.2 Å². The summed E-state index contributed by atoms with van der Waals surface area (Å²) >= 11 is 0. The molecule has 0 aliphatic carbocycles. The highest BCUT2D eigenvalue weighted by molar-refractivity contribution is 7.89. The van der Waals surface area contributed by atoms with Crippen molar-refractivity contribution in [3.05, 3.63) is 33.9 Å². The molecule has 1 aromatic rings. The lowest BCUT2D eigenvalue weighted by atomic mass is 10.1. The lowest BCUT2D eigenvalue weighted by molar-refractivity contribution is -0.385. The SMILES string of the molecule is CCc1ccc([N+](=O)[O-])cc1S(=O)(=O)NCCCN1CCNCC1. The van der Waals surface area contributed by atoms with Crippen LogP contribution in [-0.4, -0.2) is 57.5 Å². The van der Waals surface area contributed by atoms with Gasteiger partial charge in [0, 0.05) is 44.9 Å². The Labute approximate surface area is 142 Å². The number of rotatable bonds is 8. The summed E-state index contributed by atoms with van der Waals surface area (Å²) in [7, 11) is -3.75. The Hall–Kier alpha value is -1.55. The quantitative estimate of drug-likeness (QED) is 0.404. The number of hydrogen-bond donors (Lipinski definition) is 2. The third kappa shape index (κ3) is 4.97. The Kier molecular flexibility index (Phi) is 6.67. The van der Waals surface area contributed by atoms with Crippen molar-refractivity contribution in [3.63, 3.8) is 0 Å². The molecule has 0 saturated carbocycles. The highest BCUT2D eigenvalue weighted by Crippen LogP contribution is 2.22. The van der Waals surface area contributed by atoms with Crippen molar-refractivity contribution in [1.29, 1.82) is 0 Å². The van der Waals surface area contributed by atoms with Crippen LogP contribution in [0, 0.1) is 10.1 Å². The van der Waals surface area contributed by atoms with E-state index in [1.165, 1.54) is 12.1 Å². The zero-order chi connectivity index (χ0) is 17.6. The van der Waals surface area contributed by atoms with Crippen molar-refractivity contribution in [1.82, 2.24) is 14.9 Å². The van der Waals surface area contributed by atoms with Gasteiger partial charge in [0.15, 0.2) is 0 Å². The first-order valence-electron chi connectivity index (χ1n) is 8.14. The third-order valence-corrected chi connectivity index (χ3v) is 5.63. The van der Waals surface area contributed by atoms with Crippen LogP contribution in [0.2, 0.25) is 0 Å². The Morgan fingerprint density at radius 3 is 2.67 bits per heavy atom. The number of aryl methyl sites for hydroxylation is 1. The van der Waals surface area contributed by atoms with Gasteiger partial charge in [0.1, 0.15) is 0 Å². The van der Waals surface area contributed by atoms with Crippen molar-refractivity contribution >= 4 is 15.7 Å². The summed E-state index contributed by atoms with van der Waals surface area (Å²) in [5.74, 6) is 0. The van der Waals surface area contributed by atoms with E-state index in [1.54, 1.807) is 0 Å². The number of nitro groups is 1. The zero-order valence-electron chi connectivity index (χ0n) is 13.8. The number of nitrogens with zero attached hydrogens (tertiary/aromatic N) is 2. The minimum absolute atomic E-state index is 0.00127. The van der Waals surface area contributed by atoms with E-state index in [1.807, 2.05) is 6.92 Å². The second kappa shape index (κ2) is 8.52. The third-order valence-electron chi connectivity index (χ3n) is 4.08. The summed E-state index contributed by atoms with van der Waals surface area (Å²) < 4.78 is 27.5. The van der Waals surface area contributed by atoms with E-state index in [4.69, 9.17) is 0 Å². The largest absolute Gasteiger partial charge is 0.314 e. The molecule has 1 aromatic carbocycles. The maximum absolute atomic E-state index is 12.5. The van der Waals surface area contributed by atoms with E-state index in [0.29, 0.717) is 24.9 Å². The second-order valence-corrected chi connectivity index (χ2v) is 7.48. The number of benzene rings is 1. The van der Waals surface area contributed by atoms with Crippen LogP contribution in [0.5, 0.6) is 0 Å². The first-order valence-corrected chi connectivity index (χ1v) is 9.62. The molecule has 0 aromatic heterocycles. The van der Waals surface area contributed by atoms with Gasteiger partial charge in [-0.15, -0.1) is 0 Å². The first-order chi connectivity index (χ1) is 11.4. The maximum atomic E-state index is 12.5. The Bertz CT molecular complexity index is 672. The van der Waals surface area contributed by atoms with Crippen LogP contribution in [0.4, 0.5) is 5.69 Å². The molecule has 134 valence electrons. The summed E-state index contributed by atoms with van der Waals surface area (Å²) in [5, 5.41) is 14.2. The molecule has 0 atom stereocenters. The minimum Gasteiger partial charge on any atom is -0.314 e. The summed E-state index contributed by atoms with van der Waals surface area (Å²) in [6.45, 7) is 6.83. The predicted molar refractivity (Wildman–Crippen MR) is 91.6 cm³/mol. The van der Waals surface area contributed by atoms with Crippen LogP contribution in [0.25, 0.3) is 0 Å². The number of non-ortho nitro benzene ring substituents is 1. The molecular formula is C15H24N4O4S.